The number of nitrogens with two attached hydrogens (primary N) is 1. The maximum absolute atomic E-state index is 11.2. The summed E-state index contributed by atoms with van der Waals surface area (Å²) in [7, 11) is 1.66. The van der Waals surface area contributed by atoms with Crippen LogP contribution in [0.25, 0.3) is 0 Å². The molecule has 3 nitrogen and oxygen atoms in total. The fourth-order valence-corrected chi connectivity index (χ4v) is 1.88. The van der Waals surface area contributed by atoms with Crippen LogP contribution in [0.15, 0.2) is 24.3 Å². The van der Waals surface area contributed by atoms with Crippen LogP contribution in [0.5, 0.6) is 0 Å². The predicted molar refractivity (Wildman–Crippen MR) is 70.9 cm³/mol. The van der Waals surface area contributed by atoms with Gasteiger partial charge in [0.2, 0.25) is 5.91 Å². The van der Waals surface area contributed by atoms with E-state index in [1.807, 2.05) is 0 Å². The predicted octanol–water partition coefficient (Wildman–Crippen LogP) is 1.82. The minimum Gasteiger partial charge on any atom is -0.359 e. The molecule has 3 heteroatoms. The number of aryl methyl sites for hydroxylation is 1. The molecule has 3 N–H and O–H groups in total. The van der Waals surface area contributed by atoms with Gasteiger partial charge in [0.15, 0.2) is 0 Å². The van der Waals surface area contributed by atoms with Crippen molar-refractivity contribution in [2.24, 2.45) is 5.73 Å². The van der Waals surface area contributed by atoms with Crippen LogP contribution in [0, 0.1) is 0 Å². The summed E-state index contributed by atoms with van der Waals surface area (Å²) in [6.45, 7) is 2.73. The van der Waals surface area contributed by atoms with Crippen LogP contribution in [0.4, 0.5) is 0 Å². The Morgan fingerprint density at radius 2 is 2.00 bits per heavy atom. The fourth-order valence-electron chi connectivity index (χ4n) is 1.88. The summed E-state index contributed by atoms with van der Waals surface area (Å²) in [6.07, 6.45) is 2.39. The van der Waals surface area contributed by atoms with E-state index in [4.69, 9.17) is 5.73 Å². The van der Waals surface area contributed by atoms with E-state index in [0.717, 1.165) is 12.8 Å². The molecule has 0 aliphatic carbocycles. The van der Waals surface area contributed by atoms with Crippen molar-refractivity contribution in [2.45, 2.75) is 32.1 Å². The molecule has 0 heterocycles. The first-order valence-corrected chi connectivity index (χ1v) is 6.20. The summed E-state index contributed by atoms with van der Waals surface area (Å²) in [4.78, 5) is 11.2. The molecule has 0 bridgehead atoms. The van der Waals surface area contributed by atoms with E-state index in [2.05, 4.69) is 36.5 Å². The smallest absolute Gasteiger partial charge is 0.219 e. The van der Waals surface area contributed by atoms with Crippen molar-refractivity contribution < 1.29 is 4.79 Å². The van der Waals surface area contributed by atoms with Crippen molar-refractivity contribution in [1.82, 2.24) is 5.32 Å². The Morgan fingerprint density at radius 1 is 1.35 bits per heavy atom. The van der Waals surface area contributed by atoms with Crippen LogP contribution in [-0.2, 0) is 11.2 Å². The second-order valence-electron chi connectivity index (χ2n) is 4.24. The fraction of sp³-hybridized carbons (Fsp3) is 0.500. The average Bonchev–Trinajstić information content (AvgIpc) is 2.39. The maximum Gasteiger partial charge on any atom is 0.219 e. The van der Waals surface area contributed by atoms with Gasteiger partial charge in [-0.25, -0.2) is 0 Å². The first kappa shape index (κ1) is 13.7. The van der Waals surface area contributed by atoms with Crippen LogP contribution >= 0.6 is 0 Å². The van der Waals surface area contributed by atoms with E-state index in [-0.39, 0.29) is 11.8 Å². The molecule has 17 heavy (non-hydrogen) atoms. The van der Waals surface area contributed by atoms with E-state index in [0.29, 0.717) is 13.0 Å². The summed E-state index contributed by atoms with van der Waals surface area (Å²) >= 11 is 0. The molecule has 1 atom stereocenters. The molecular weight excluding hydrogens is 212 g/mol. The summed E-state index contributed by atoms with van der Waals surface area (Å²) in [5.74, 6) is 0.354. The first-order valence-electron chi connectivity index (χ1n) is 6.20. The van der Waals surface area contributed by atoms with Crippen molar-refractivity contribution in [3.8, 4) is 0 Å². The van der Waals surface area contributed by atoms with Crippen LogP contribution in [-0.4, -0.2) is 19.5 Å². The Kier molecular flexibility index (Phi) is 5.70. The highest BCUT2D eigenvalue weighted by atomic mass is 16.1. The molecule has 0 saturated heterocycles. The number of rotatable bonds is 6. The molecule has 0 aliphatic rings. The molecule has 0 spiro atoms. The molecule has 1 rings (SSSR count). The number of benzene rings is 1. The lowest BCUT2D eigenvalue weighted by Gasteiger charge is -2.15. The minimum atomic E-state index is 0.0774. The van der Waals surface area contributed by atoms with Gasteiger partial charge in [0.05, 0.1) is 0 Å². The second-order valence-corrected chi connectivity index (χ2v) is 4.24. The summed E-state index contributed by atoms with van der Waals surface area (Å²) in [5, 5.41) is 2.63. The SMILES string of the molecule is CCc1ccc(C(CN)CCC(=O)NC)cc1. The zero-order valence-corrected chi connectivity index (χ0v) is 10.7. The van der Waals surface area contributed by atoms with E-state index >= 15 is 0 Å². The second kappa shape index (κ2) is 7.07. The monoisotopic (exact) mass is 234 g/mol. The Bertz CT molecular complexity index is 346. The minimum absolute atomic E-state index is 0.0774. The molecule has 1 amide bonds. The summed E-state index contributed by atoms with van der Waals surface area (Å²) < 4.78 is 0. The van der Waals surface area contributed by atoms with Crippen molar-refractivity contribution in [1.29, 1.82) is 0 Å². The Balaban J connectivity index is 2.62. The molecular formula is C14H22N2O. The molecule has 0 fully saturated rings. The molecule has 1 aromatic rings. The molecule has 0 aromatic heterocycles. The highest BCUT2D eigenvalue weighted by molar-refractivity contribution is 5.75. The lowest BCUT2D eigenvalue weighted by atomic mass is 9.93. The van der Waals surface area contributed by atoms with Gasteiger partial charge in [-0.15, -0.1) is 0 Å². The lowest BCUT2D eigenvalue weighted by molar-refractivity contribution is -0.120. The number of carbonyl (C=O) groups is 1. The van der Waals surface area contributed by atoms with Crippen LogP contribution in [0.1, 0.15) is 36.8 Å². The van der Waals surface area contributed by atoms with Gasteiger partial charge in [0.1, 0.15) is 0 Å². The molecule has 0 radical (unpaired) electrons. The zero-order chi connectivity index (χ0) is 12.7. The standard InChI is InChI=1S/C14H22N2O/c1-3-11-4-6-12(7-5-11)13(10-15)8-9-14(17)16-2/h4-7,13H,3,8-10,15H2,1-2H3,(H,16,17). The average molecular weight is 234 g/mol. The molecule has 1 aromatic carbocycles. The van der Waals surface area contributed by atoms with Gasteiger partial charge in [-0.2, -0.15) is 0 Å². The third-order valence-electron chi connectivity index (χ3n) is 3.14. The van der Waals surface area contributed by atoms with Gasteiger partial charge in [-0.3, -0.25) is 4.79 Å². The normalized spacial score (nSPS) is 12.2. The van der Waals surface area contributed by atoms with Crippen LogP contribution < -0.4 is 11.1 Å². The van der Waals surface area contributed by atoms with Gasteiger partial charge in [-0.05, 0) is 36.4 Å². The highest BCUT2D eigenvalue weighted by Crippen LogP contribution is 2.20. The van der Waals surface area contributed by atoms with Gasteiger partial charge in [0, 0.05) is 13.5 Å². The lowest BCUT2D eigenvalue weighted by Crippen LogP contribution is -2.20. The Morgan fingerprint density at radius 3 is 2.47 bits per heavy atom. The third-order valence-corrected chi connectivity index (χ3v) is 3.14. The van der Waals surface area contributed by atoms with Crippen molar-refractivity contribution in [3.05, 3.63) is 35.4 Å². The van der Waals surface area contributed by atoms with Crippen molar-refractivity contribution >= 4 is 5.91 Å². The van der Waals surface area contributed by atoms with Gasteiger partial charge in [0.25, 0.3) is 0 Å². The van der Waals surface area contributed by atoms with Crippen LogP contribution in [0.3, 0.4) is 0 Å². The Labute approximate surface area is 103 Å². The number of hydrogen-bond donors (Lipinski definition) is 2. The molecule has 94 valence electrons. The van der Waals surface area contributed by atoms with Crippen molar-refractivity contribution in [3.63, 3.8) is 0 Å². The number of amides is 1. The number of carbonyl (C=O) groups excluding carboxylic acids is 1. The first-order chi connectivity index (χ1) is 8.21. The molecule has 0 saturated carbocycles. The topological polar surface area (TPSA) is 55.1 Å². The maximum atomic E-state index is 11.2. The van der Waals surface area contributed by atoms with Gasteiger partial charge in [-0.1, -0.05) is 31.2 Å². The quantitative estimate of drug-likeness (QED) is 0.789. The summed E-state index contributed by atoms with van der Waals surface area (Å²) in [5.41, 5.74) is 8.33. The van der Waals surface area contributed by atoms with Gasteiger partial charge < -0.3 is 11.1 Å². The Hall–Kier alpha value is -1.35. The zero-order valence-electron chi connectivity index (χ0n) is 10.7. The number of hydrogen-bond acceptors (Lipinski definition) is 2. The van der Waals surface area contributed by atoms with Crippen LogP contribution in [0.2, 0.25) is 0 Å². The highest BCUT2D eigenvalue weighted by Gasteiger charge is 2.11. The van der Waals surface area contributed by atoms with E-state index in [1.54, 1.807) is 7.05 Å². The third kappa shape index (κ3) is 4.19. The van der Waals surface area contributed by atoms with E-state index in [1.165, 1.54) is 11.1 Å². The van der Waals surface area contributed by atoms with E-state index < -0.39 is 0 Å². The number of nitrogens with one attached hydrogen (secondary N) is 1. The van der Waals surface area contributed by atoms with E-state index in [9.17, 15) is 4.79 Å². The van der Waals surface area contributed by atoms with Crippen molar-refractivity contribution in [2.75, 3.05) is 13.6 Å². The largest absolute Gasteiger partial charge is 0.359 e. The molecule has 1 unspecified atom stereocenters. The van der Waals surface area contributed by atoms with Gasteiger partial charge >= 0.3 is 0 Å². The summed E-state index contributed by atoms with van der Waals surface area (Å²) in [6, 6.07) is 8.52. The molecule has 0 aliphatic heterocycles.